The quantitative estimate of drug-likeness (QED) is 0.458. The van der Waals surface area contributed by atoms with Gasteiger partial charge in [0.2, 0.25) is 0 Å². The van der Waals surface area contributed by atoms with Crippen molar-refractivity contribution in [2.75, 3.05) is 0 Å². The van der Waals surface area contributed by atoms with E-state index in [1.54, 1.807) is 0 Å². The van der Waals surface area contributed by atoms with Crippen molar-refractivity contribution in [2.45, 2.75) is 57.8 Å². The summed E-state index contributed by atoms with van der Waals surface area (Å²) in [7, 11) is 0. The maximum absolute atomic E-state index is 13.9. The lowest BCUT2D eigenvalue weighted by Gasteiger charge is -2.25. The second-order valence-electron chi connectivity index (χ2n) is 6.76. The zero-order valence-electron chi connectivity index (χ0n) is 14.0. The van der Waals surface area contributed by atoms with E-state index in [9.17, 15) is 13.2 Å². The van der Waals surface area contributed by atoms with Gasteiger partial charge in [0, 0.05) is 0 Å². The molecule has 128 valence electrons. The first-order chi connectivity index (χ1) is 11.6. The van der Waals surface area contributed by atoms with Gasteiger partial charge in [-0.1, -0.05) is 44.0 Å². The molecule has 1 aliphatic rings. The molecule has 1 atom stereocenters. The highest BCUT2D eigenvalue weighted by atomic mass is 19.2. The molecule has 0 aliphatic heterocycles. The van der Waals surface area contributed by atoms with E-state index in [0.29, 0.717) is 24.0 Å². The Morgan fingerprint density at radius 2 is 1.75 bits per heavy atom. The van der Waals surface area contributed by atoms with Crippen LogP contribution in [0.25, 0.3) is 0 Å². The van der Waals surface area contributed by atoms with Crippen LogP contribution < -0.4 is 0 Å². The fraction of sp³-hybridized carbons (Fsp3) is 0.429. The van der Waals surface area contributed by atoms with Crippen LogP contribution in [0.3, 0.4) is 0 Å². The van der Waals surface area contributed by atoms with Crippen LogP contribution in [0.5, 0.6) is 0 Å². The van der Waals surface area contributed by atoms with Crippen LogP contribution in [-0.2, 0) is 19.3 Å². The number of hydrogen-bond donors (Lipinski definition) is 0. The Balaban J connectivity index is 1.73. The molecule has 0 saturated carbocycles. The monoisotopic (exact) mass is 332 g/mol. The topological polar surface area (TPSA) is 0 Å². The summed E-state index contributed by atoms with van der Waals surface area (Å²) in [4.78, 5) is 0. The lowest BCUT2D eigenvalue weighted by atomic mass is 9.79. The van der Waals surface area contributed by atoms with E-state index in [2.05, 4.69) is 31.2 Å². The van der Waals surface area contributed by atoms with E-state index < -0.39 is 17.5 Å². The van der Waals surface area contributed by atoms with Crippen LogP contribution in [0, 0.1) is 17.5 Å². The minimum atomic E-state index is -1.34. The molecule has 0 radical (unpaired) electrons. The fourth-order valence-electron chi connectivity index (χ4n) is 3.64. The van der Waals surface area contributed by atoms with Gasteiger partial charge in [-0.25, -0.2) is 13.2 Å². The molecule has 3 rings (SSSR count). The van der Waals surface area contributed by atoms with Crippen molar-refractivity contribution in [1.82, 2.24) is 0 Å². The number of rotatable bonds is 5. The van der Waals surface area contributed by atoms with Crippen LogP contribution in [0.4, 0.5) is 13.2 Å². The lowest BCUT2D eigenvalue weighted by molar-refractivity contribution is 0.428. The van der Waals surface area contributed by atoms with E-state index in [4.69, 9.17) is 0 Å². The van der Waals surface area contributed by atoms with Crippen LogP contribution in [0.1, 0.15) is 60.8 Å². The number of benzene rings is 2. The highest BCUT2D eigenvalue weighted by Gasteiger charge is 2.26. The maximum atomic E-state index is 13.9. The summed E-state index contributed by atoms with van der Waals surface area (Å²) >= 11 is 0. The molecule has 1 unspecified atom stereocenters. The molecule has 0 amide bonds. The summed E-state index contributed by atoms with van der Waals surface area (Å²) < 4.78 is 40.7. The molecule has 0 aromatic heterocycles. The van der Waals surface area contributed by atoms with Crippen molar-refractivity contribution >= 4 is 0 Å². The first-order valence-corrected chi connectivity index (χ1v) is 8.84. The zero-order valence-corrected chi connectivity index (χ0v) is 14.0. The summed E-state index contributed by atoms with van der Waals surface area (Å²) in [5, 5.41) is 0. The highest BCUT2D eigenvalue weighted by Crippen LogP contribution is 2.35. The normalized spacial score (nSPS) is 16.9. The minimum absolute atomic E-state index is 0.242. The molecule has 0 spiro atoms. The Kier molecular flexibility index (Phi) is 5.27. The molecular formula is C21H23F3. The third-order valence-electron chi connectivity index (χ3n) is 5.09. The molecule has 24 heavy (non-hydrogen) atoms. The summed E-state index contributed by atoms with van der Waals surface area (Å²) in [6.45, 7) is 2.20. The smallest absolute Gasteiger partial charge is 0.194 e. The van der Waals surface area contributed by atoms with Gasteiger partial charge in [-0.15, -0.1) is 0 Å². The van der Waals surface area contributed by atoms with Gasteiger partial charge < -0.3 is 0 Å². The Morgan fingerprint density at radius 3 is 2.46 bits per heavy atom. The second-order valence-corrected chi connectivity index (χ2v) is 6.76. The van der Waals surface area contributed by atoms with Gasteiger partial charge in [-0.05, 0) is 66.3 Å². The molecule has 0 saturated heterocycles. The standard InChI is InChI=1S/C21H23F3/c1-2-3-4-5-14-6-8-15(9-7-14)16-10-11-18-17(12-16)13-19(22)21(24)20(18)23/h6-9,13,16H,2-5,10-12H2,1H3. The van der Waals surface area contributed by atoms with Crippen LogP contribution in [0.2, 0.25) is 0 Å². The predicted molar refractivity (Wildman–Crippen MR) is 90.8 cm³/mol. The number of hydrogen-bond acceptors (Lipinski definition) is 0. The summed E-state index contributed by atoms with van der Waals surface area (Å²) in [5.74, 6) is -3.19. The molecule has 1 aliphatic carbocycles. The maximum Gasteiger partial charge on any atom is 0.194 e. The Morgan fingerprint density at radius 1 is 1.00 bits per heavy atom. The number of aryl methyl sites for hydroxylation is 1. The van der Waals surface area contributed by atoms with Crippen molar-refractivity contribution < 1.29 is 13.2 Å². The van der Waals surface area contributed by atoms with Crippen molar-refractivity contribution in [3.63, 3.8) is 0 Å². The molecule has 0 heterocycles. The predicted octanol–water partition coefficient (Wildman–Crippen LogP) is 6.11. The highest BCUT2D eigenvalue weighted by molar-refractivity contribution is 5.36. The Labute approximate surface area is 141 Å². The first-order valence-electron chi connectivity index (χ1n) is 8.84. The summed E-state index contributed by atoms with van der Waals surface area (Å²) in [6, 6.07) is 9.75. The lowest BCUT2D eigenvalue weighted by Crippen LogP contribution is -2.16. The van der Waals surface area contributed by atoms with Gasteiger partial charge in [0.15, 0.2) is 17.5 Å². The average molecular weight is 332 g/mol. The van der Waals surface area contributed by atoms with Crippen molar-refractivity contribution in [3.05, 3.63) is 70.0 Å². The number of unbranched alkanes of at least 4 members (excludes halogenated alkanes) is 2. The molecule has 0 N–H and O–H groups in total. The van der Waals surface area contributed by atoms with Crippen LogP contribution in [0.15, 0.2) is 30.3 Å². The Hall–Kier alpha value is -1.77. The van der Waals surface area contributed by atoms with Crippen LogP contribution >= 0.6 is 0 Å². The van der Waals surface area contributed by atoms with E-state index in [1.807, 2.05) is 0 Å². The largest absolute Gasteiger partial charge is 0.204 e. The molecule has 0 fully saturated rings. The van der Waals surface area contributed by atoms with E-state index >= 15 is 0 Å². The Bertz CT molecular complexity index is 704. The third-order valence-corrected chi connectivity index (χ3v) is 5.09. The molecule has 2 aromatic rings. The number of fused-ring (bicyclic) bond motifs is 1. The molecule has 2 aromatic carbocycles. The van der Waals surface area contributed by atoms with Gasteiger partial charge in [0.25, 0.3) is 0 Å². The van der Waals surface area contributed by atoms with Crippen LogP contribution in [-0.4, -0.2) is 0 Å². The van der Waals surface area contributed by atoms with Crippen molar-refractivity contribution in [3.8, 4) is 0 Å². The molecule has 3 heteroatoms. The number of halogens is 3. The van der Waals surface area contributed by atoms with Crippen molar-refractivity contribution in [2.24, 2.45) is 0 Å². The fourth-order valence-corrected chi connectivity index (χ4v) is 3.64. The first kappa shape index (κ1) is 17.1. The van der Waals surface area contributed by atoms with E-state index in [1.165, 1.54) is 36.5 Å². The molecular weight excluding hydrogens is 309 g/mol. The van der Waals surface area contributed by atoms with E-state index in [0.717, 1.165) is 12.8 Å². The minimum Gasteiger partial charge on any atom is -0.204 e. The second kappa shape index (κ2) is 7.42. The summed E-state index contributed by atoms with van der Waals surface area (Å²) in [5.41, 5.74) is 3.49. The average Bonchev–Trinajstić information content (AvgIpc) is 2.60. The van der Waals surface area contributed by atoms with Gasteiger partial charge in [0.05, 0.1) is 0 Å². The van der Waals surface area contributed by atoms with E-state index in [-0.39, 0.29) is 5.92 Å². The third kappa shape index (κ3) is 3.50. The van der Waals surface area contributed by atoms with Gasteiger partial charge in [-0.2, -0.15) is 0 Å². The molecule has 0 nitrogen and oxygen atoms in total. The SMILES string of the molecule is CCCCCc1ccc(C2CCc3c(cc(F)c(F)c3F)C2)cc1. The summed E-state index contributed by atoms with van der Waals surface area (Å²) in [6.07, 6.45) is 6.56. The van der Waals surface area contributed by atoms with Gasteiger partial charge in [0.1, 0.15) is 0 Å². The van der Waals surface area contributed by atoms with Gasteiger partial charge in [-0.3, -0.25) is 0 Å². The van der Waals surface area contributed by atoms with Gasteiger partial charge >= 0.3 is 0 Å². The van der Waals surface area contributed by atoms with Crippen molar-refractivity contribution in [1.29, 1.82) is 0 Å². The zero-order chi connectivity index (χ0) is 17.1. The molecule has 0 bridgehead atoms.